The van der Waals surface area contributed by atoms with Crippen LogP contribution in [0, 0.1) is 5.92 Å². The lowest BCUT2D eigenvalue weighted by molar-refractivity contribution is 0.340. The van der Waals surface area contributed by atoms with Crippen LogP contribution in [0.2, 0.25) is 0 Å². The lowest BCUT2D eigenvalue weighted by Crippen LogP contribution is -1.97. The predicted molar refractivity (Wildman–Crippen MR) is 77.3 cm³/mol. The second kappa shape index (κ2) is 6.01. The topological polar surface area (TPSA) is 22.1 Å². The van der Waals surface area contributed by atoms with Gasteiger partial charge in [-0.25, -0.2) is 4.98 Å². The van der Waals surface area contributed by atoms with Gasteiger partial charge in [-0.2, -0.15) is 0 Å². The molecule has 3 heteroatoms. The Kier molecular flexibility index (Phi) is 4.37. The van der Waals surface area contributed by atoms with Crippen molar-refractivity contribution in [1.82, 2.24) is 4.98 Å². The van der Waals surface area contributed by atoms with Gasteiger partial charge in [0.05, 0.1) is 17.8 Å². The van der Waals surface area contributed by atoms with Gasteiger partial charge in [0.15, 0.2) is 0 Å². The first-order valence-electron chi connectivity index (χ1n) is 6.34. The van der Waals surface area contributed by atoms with Crippen molar-refractivity contribution in [3.8, 4) is 17.0 Å². The second-order valence-corrected chi connectivity index (χ2v) is 5.49. The molecule has 1 aromatic heterocycles. The zero-order valence-electron chi connectivity index (χ0n) is 11.1. The van der Waals surface area contributed by atoms with Crippen molar-refractivity contribution < 1.29 is 4.74 Å². The first kappa shape index (κ1) is 13.1. The number of ether oxygens (including phenoxy) is 1. The largest absolute Gasteiger partial charge is 0.494 e. The fourth-order valence-electron chi connectivity index (χ4n) is 2.00. The van der Waals surface area contributed by atoms with E-state index in [-0.39, 0.29) is 0 Å². The van der Waals surface area contributed by atoms with Crippen molar-refractivity contribution in [2.45, 2.75) is 27.2 Å². The molecule has 0 aliphatic rings. The minimum atomic E-state index is 0.644. The van der Waals surface area contributed by atoms with Crippen LogP contribution in [-0.4, -0.2) is 11.6 Å². The van der Waals surface area contributed by atoms with Crippen LogP contribution in [0.1, 0.15) is 26.3 Å². The standard InChI is InChI=1S/C15H19NOS/c1-4-17-14-7-12(5-11(2)3)6-13(8-14)15-9-18-10-16-15/h6-11H,4-5H2,1-3H3. The van der Waals surface area contributed by atoms with Crippen LogP contribution >= 0.6 is 11.3 Å². The molecular weight excluding hydrogens is 242 g/mol. The van der Waals surface area contributed by atoms with Crippen molar-refractivity contribution in [2.75, 3.05) is 6.61 Å². The van der Waals surface area contributed by atoms with Gasteiger partial charge in [0, 0.05) is 10.9 Å². The van der Waals surface area contributed by atoms with E-state index in [0.717, 1.165) is 23.4 Å². The molecule has 0 N–H and O–H groups in total. The zero-order chi connectivity index (χ0) is 13.0. The molecule has 0 spiro atoms. The summed E-state index contributed by atoms with van der Waals surface area (Å²) in [6, 6.07) is 6.43. The molecule has 0 aliphatic carbocycles. The van der Waals surface area contributed by atoms with Crippen LogP contribution in [0.25, 0.3) is 11.3 Å². The summed E-state index contributed by atoms with van der Waals surface area (Å²) in [5.74, 6) is 1.59. The molecule has 0 aliphatic heterocycles. The Balaban J connectivity index is 2.36. The summed E-state index contributed by atoms with van der Waals surface area (Å²) in [6.45, 7) is 7.17. The molecule has 1 heterocycles. The summed E-state index contributed by atoms with van der Waals surface area (Å²) in [5, 5.41) is 2.07. The van der Waals surface area contributed by atoms with Gasteiger partial charge in [-0.15, -0.1) is 11.3 Å². The van der Waals surface area contributed by atoms with E-state index < -0.39 is 0 Å². The van der Waals surface area contributed by atoms with E-state index in [0.29, 0.717) is 12.5 Å². The highest BCUT2D eigenvalue weighted by atomic mass is 32.1. The molecule has 0 atom stereocenters. The molecular formula is C15H19NOS. The quantitative estimate of drug-likeness (QED) is 0.795. The lowest BCUT2D eigenvalue weighted by atomic mass is 10.00. The summed E-state index contributed by atoms with van der Waals surface area (Å²) in [7, 11) is 0. The van der Waals surface area contributed by atoms with Crippen molar-refractivity contribution in [1.29, 1.82) is 0 Å². The van der Waals surface area contributed by atoms with Crippen LogP contribution in [0.4, 0.5) is 0 Å². The molecule has 0 saturated carbocycles. The van der Waals surface area contributed by atoms with Crippen LogP contribution in [0.5, 0.6) is 5.75 Å². The Bertz CT molecular complexity index is 491. The number of aromatic nitrogens is 1. The third-order valence-corrected chi connectivity index (χ3v) is 3.24. The second-order valence-electron chi connectivity index (χ2n) is 4.77. The maximum absolute atomic E-state index is 5.64. The van der Waals surface area contributed by atoms with Crippen LogP contribution in [0.3, 0.4) is 0 Å². The minimum Gasteiger partial charge on any atom is -0.494 e. The third-order valence-electron chi connectivity index (χ3n) is 2.65. The molecule has 0 bridgehead atoms. The summed E-state index contributed by atoms with van der Waals surface area (Å²) in [4.78, 5) is 4.37. The van der Waals surface area contributed by atoms with Gasteiger partial charge in [-0.1, -0.05) is 13.8 Å². The predicted octanol–water partition coefficient (Wildman–Crippen LogP) is 4.41. The first-order chi connectivity index (χ1) is 8.69. The minimum absolute atomic E-state index is 0.644. The van der Waals surface area contributed by atoms with E-state index in [1.165, 1.54) is 5.56 Å². The highest BCUT2D eigenvalue weighted by Crippen LogP contribution is 2.27. The first-order valence-corrected chi connectivity index (χ1v) is 7.28. The van der Waals surface area contributed by atoms with Gasteiger partial charge in [-0.05, 0) is 43.0 Å². The normalized spacial score (nSPS) is 10.9. The van der Waals surface area contributed by atoms with Gasteiger partial charge in [-0.3, -0.25) is 0 Å². The Morgan fingerprint density at radius 3 is 2.72 bits per heavy atom. The van der Waals surface area contributed by atoms with Crippen molar-refractivity contribution in [3.63, 3.8) is 0 Å². The number of hydrogen-bond donors (Lipinski definition) is 0. The summed E-state index contributed by atoms with van der Waals surface area (Å²) in [5.41, 5.74) is 5.37. The van der Waals surface area contributed by atoms with E-state index in [1.54, 1.807) is 11.3 Å². The molecule has 18 heavy (non-hydrogen) atoms. The van der Waals surface area contributed by atoms with E-state index >= 15 is 0 Å². The fourth-order valence-corrected chi connectivity index (χ4v) is 2.56. The Hall–Kier alpha value is -1.35. The fraction of sp³-hybridized carbons (Fsp3) is 0.400. The van der Waals surface area contributed by atoms with Gasteiger partial charge in [0.1, 0.15) is 5.75 Å². The average Bonchev–Trinajstić information content (AvgIpc) is 2.81. The van der Waals surface area contributed by atoms with E-state index in [4.69, 9.17) is 4.74 Å². The molecule has 2 nitrogen and oxygen atoms in total. The number of rotatable bonds is 5. The van der Waals surface area contributed by atoms with Crippen LogP contribution in [0.15, 0.2) is 29.1 Å². The summed E-state index contributed by atoms with van der Waals surface area (Å²) < 4.78 is 5.64. The highest BCUT2D eigenvalue weighted by molar-refractivity contribution is 7.07. The lowest BCUT2D eigenvalue weighted by Gasteiger charge is -2.11. The van der Waals surface area contributed by atoms with Gasteiger partial charge in [0.25, 0.3) is 0 Å². The average molecular weight is 261 g/mol. The van der Waals surface area contributed by atoms with E-state index in [2.05, 4.69) is 42.4 Å². The van der Waals surface area contributed by atoms with E-state index in [1.807, 2.05) is 12.4 Å². The van der Waals surface area contributed by atoms with E-state index in [9.17, 15) is 0 Å². The van der Waals surface area contributed by atoms with Crippen molar-refractivity contribution in [2.24, 2.45) is 5.92 Å². The molecule has 0 amide bonds. The van der Waals surface area contributed by atoms with Crippen molar-refractivity contribution in [3.05, 3.63) is 34.7 Å². The molecule has 0 fully saturated rings. The maximum atomic E-state index is 5.64. The Morgan fingerprint density at radius 2 is 2.11 bits per heavy atom. The maximum Gasteiger partial charge on any atom is 0.120 e. The SMILES string of the molecule is CCOc1cc(CC(C)C)cc(-c2cscn2)c1. The Labute approximate surface area is 113 Å². The van der Waals surface area contributed by atoms with Crippen LogP contribution in [-0.2, 0) is 6.42 Å². The molecule has 1 aromatic carbocycles. The molecule has 0 unspecified atom stereocenters. The summed E-state index contributed by atoms with van der Waals surface area (Å²) >= 11 is 1.62. The van der Waals surface area contributed by atoms with Crippen molar-refractivity contribution >= 4 is 11.3 Å². The third kappa shape index (κ3) is 3.33. The highest BCUT2D eigenvalue weighted by Gasteiger charge is 2.07. The molecule has 0 saturated heterocycles. The smallest absolute Gasteiger partial charge is 0.120 e. The van der Waals surface area contributed by atoms with Gasteiger partial charge >= 0.3 is 0 Å². The van der Waals surface area contributed by atoms with Crippen LogP contribution < -0.4 is 4.74 Å². The number of nitrogens with zero attached hydrogens (tertiary/aromatic N) is 1. The molecule has 2 rings (SSSR count). The molecule has 2 aromatic rings. The number of benzene rings is 1. The summed E-state index contributed by atoms with van der Waals surface area (Å²) in [6.07, 6.45) is 1.07. The molecule has 96 valence electrons. The van der Waals surface area contributed by atoms with Gasteiger partial charge in [0.2, 0.25) is 0 Å². The number of thiazole rings is 1. The molecule has 0 radical (unpaired) electrons. The number of hydrogen-bond acceptors (Lipinski definition) is 3. The monoisotopic (exact) mass is 261 g/mol. The Morgan fingerprint density at radius 1 is 1.28 bits per heavy atom. The van der Waals surface area contributed by atoms with Gasteiger partial charge < -0.3 is 4.74 Å². The zero-order valence-corrected chi connectivity index (χ0v) is 12.0.